The van der Waals surface area contributed by atoms with Gasteiger partial charge in [-0.25, -0.2) is 17.6 Å². The summed E-state index contributed by atoms with van der Waals surface area (Å²) in [4.78, 5) is 12.8. The predicted octanol–water partition coefficient (Wildman–Crippen LogP) is 3.18. The summed E-state index contributed by atoms with van der Waals surface area (Å²) in [6.07, 6.45) is 1.29. The molecule has 29 heavy (non-hydrogen) atoms. The molecule has 0 N–H and O–H groups in total. The highest BCUT2D eigenvalue weighted by atomic mass is 19.1. The van der Waals surface area contributed by atoms with Crippen molar-refractivity contribution in [3.63, 3.8) is 0 Å². The Kier molecular flexibility index (Phi) is 5.63. The van der Waals surface area contributed by atoms with E-state index in [2.05, 4.69) is 6.58 Å². The van der Waals surface area contributed by atoms with Crippen molar-refractivity contribution in [2.45, 2.75) is 13.5 Å². The first-order chi connectivity index (χ1) is 13.7. The average Bonchev–Trinajstić information content (AvgIpc) is 2.66. The quantitative estimate of drug-likeness (QED) is 0.486. The minimum atomic E-state index is -0.911. The molecular formula is C21H16BF4NO2. The Morgan fingerprint density at radius 1 is 1.07 bits per heavy atom. The van der Waals surface area contributed by atoms with Gasteiger partial charge in [-0.2, -0.15) is 0 Å². The molecule has 3 nitrogen and oxygen atoms in total. The van der Waals surface area contributed by atoms with E-state index in [1.807, 2.05) is 0 Å². The van der Waals surface area contributed by atoms with Crippen LogP contribution in [0.2, 0.25) is 0 Å². The predicted molar refractivity (Wildman–Crippen MR) is 106 cm³/mol. The molecule has 2 aromatic carbocycles. The van der Waals surface area contributed by atoms with Gasteiger partial charge in [0, 0.05) is 22.8 Å². The summed E-state index contributed by atoms with van der Waals surface area (Å²) in [5.74, 6) is -3.18. The van der Waals surface area contributed by atoms with Crippen LogP contribution in [0.1, 0.15) is 16.8 Å². The van der Waals surface area contributed by atoms with Gasteiger partial charge in [0.15, 0.2) is 19.5 Å². The standard InChI is InChI=1S/C21H16BF4NO2/c1-3-12-7-16(25)20(17(26)8-12)27-11(2)6-18(19(22)21(27)28)29-10-13-4-5-14(23)9-15(13)24/h3-9H,1,10,22H2,2H3. The Labute approximate surface area is 165 Å². The number of rotatable bonds is 5. The first-order valence-electron chi connectivity index (χ1n) is 8.64. The molecule has 0 fully saturated rings. The summed E-state index contributed by atoms with van der Waals surface area (Å²) in [6.45, 7) is 4.72. The minimum absolute atomic E-state index is 0.0877. The molecule has 8 heteroatoms. The lowest BCUT2D eigenvalue weighted by atomic mass is 9.96. The van der Waals surface area contributed by atoms with Crippen LogP contribution >= 0.6 is 0 Å². The lowest BCUT2D eigenvalue weighted by molar-refractivity contribution is 0.301. The van der Waals surface area contributed by atoms with Crippen molar-refractivity contribution in [3.05, 3.63) is 93.4 Å². The maximum atomic E-state index is 14.5. The maximum Gasteiger partial charge on any atom is 0.252 e. The van der Waals surface area contributed by atoms with Crippen LogP contribution in [0, 0.1) is 30.2 Å². The number of nitrogens with zero attached hydrogens (tertiary/aromatic N) is 1. The van der Waals surface area contributed by atoms with Crippen molar-refractivity contribution in [2.24, 2.45) is 0 Å². The molecule has 0 saturated heterocycles. The van der Waals surface area contributed by atoms with Crippen molar-refractivity contribution < 1.29 is 22.3 Å². The fourth-order valence-corrected chi connectivity index (χ4v) is 2.93. The van der Waals surface area contributed by atoms with E-state index in [-0.39, 0.29) is 34.6 Å². The Bertz CT molecular complexity index is 1150. The normalized spacial score (nSPS) is 10.8. The SMILES string of the molecule is Bc1c(OCc2ccc(F)cc2F)cc(C)n(-c2c(F)cc(C=C)cc2F)c1=O. The largest absolute Gasteiger partial charge is 0.489 e. The van der Waals surface area contributed by atoms with Crippen LogP contribution < -0.4 is 15.8 Å². The van der Waals surface area contributed by atoms with Gasteiger partial charge in [0.1, 0.15) is 29.7 Å². The van der Waals surface area contributed by atoms with Gasteiger partial charge in [-0.15, -0.1) is 0 Å². The second-order valence-corrected chi connectivity index (χ2v) is 6.48. The Morgan fingerprint density at radius 2 is 1.72 bits per heavy atom. The first kappa shape index (κ1) is 20.4. The van der Waals surface area contributed by atoms with Crippen molar-refractivity contribution in [3.8, 4) is 11.4 Å². The summed E-state index contributed by atoms with van der Waals surface area (Å²) in [6, 6.07) is 6.64. The van der Waals surface area contributed by atoms with Gasteiger partial charge in [0.2, 0.25) is 0 Å². The lowest BCUT2D eigenvalue weighted by Gasteiger charge is -2.17. The highest BCUT2D eigenvalue weighted by molar-refractivity contribution is 6.34. The number of hydrogen-bond acceptors (Lipinski definition) is 2. The highest BCUT2D eigenvalue weighted by Crippen LogP contribution is 2.22. The van der Waals surface area contributed by atoms with Gasteiger partial charge in [-0.3, -0.25) is 9.36 Å². The second kappa shape index (κ2) is 7.99. The van der Waals surface area contributed by atoms with Crippen LogP contribution in [0.3, 0.4) is 0 Å². The van der Waals surface area contributed by atoms with E-state index in [0.717, 1.165) is 28.8 Å². The molecule has 0 aliphatic rings. The van der Waals surface area contributed by atoms with Crippen LogP contribution in [0.4, 0.5) is 17.6 Å². The highest BCUT2D eigenvalue weighted by Gasteiger charge is 2.19. The summed E-state index contributed by atoms with van der Waals surface area (Å²) >= 11 is 0. The molecule has 0 aliphatic carbocycles. The molecule has 1 heterocycles. The molecule has 0 unspecified atom stereocenters. The van der Waals surface area contributed by atoms with E-state index >= 15 is 0 Å². The zero-order valence-electron chi connectivity index (χ0n) is 15.7. The maximum absolute atomic E-state index is 14.5. The van der Waals surface area contributed by atoms with Crippen LogP contribution in [0.15, 0.2) is 47.8 Å². The third-order valence-corrected chi connectivity index (χ3v) is 4.48. The van der Waals surface area contributed by atoms with Crippen molar-refractivity contribution >= 4 is 19.4 Å². The summed E-state index contributed by atoms with van der Waals surface area (Å²) in [7, 11) is 1.43. The molecule has 0 aliphatic heterocycles. The summed E-state index contributed by atoms with van der Waals surface area (Å²) < 4.78 is 62.2. The summed E-state index contributed by atoms with van der Waals surface area (Å²) in [5.41, 5.74) is -0.526. The van der Waals surface area contributed by atoms with Gasteiger partial charge < -0.3 is 4.74 Å². The number of pyridine rings is 1. The molecule has 0 amide bonds. The number of aryl methyl sites for hydroxylation is 1. The molecule has 3 aromatic rings. The smallest absolute Gasteiger partial charge is 0.252 e. The van der Waals surface area contributed by atoms with Gasteiger partial charge in [0.25, 0.3) is 5.56 Å². The van der Waals surface area contributed by atoms with Crippen molar-refractivity contribution in [1.82, 2.24) is 4.57 Å². The topological polar surface area (TPSA) is 31.2 Å². The van der Waals surface area contributed by atoms with Gasteiger partial charge in [-0.1, -0.05) is 12.7 Å². The minimum Gasteiger partial charge on any atom is -0.489 e. The molecule has 0 saturated carbocycles. The Balaban J connectivity index is 2.01. The van der Waals surface area contributed by atoms with E-state index in [1.54, 1.807) is 0 Å². The lowest BCUT2D eigenvalue weighted by Crippen LogP contribution is -2.36. The molecule has 3 rings (SSSR count). The van der Waals surface area contributed by atoms with Crippen LogP contribution in [0.5, 0.6) is 5.75 Å². The van der Waals surface area contributed by atoms with E-state index < -0.39 is 34.5 Å². The monoisotopic (exact) mass is 401 g/mol. The van der Waals surface area contributed by atoms with E-state index in [4.69, 9.17) is 4.74 Å². The van der Waals surface area contributed by atoms with Gasteiger partial charge in [-0.05, 0) is 42.8 Å². The number of aromatic nitrogens is 1. The number of hydrogen-bond donors (Lipinski definition) is 0. The second-order valence-electron chi connectivity index (χ2n) is 6.48. The molecule has 1 aromatic heterocycles. The third-order valence-electron chi connectivity index (χ3n) is 4.48. The zero-order valence-corrected chi connectivity index (χ0v) is 15.7. The Hall–Kier alpha value is -3.29. The fourth-order valence-electron chi connectivity index (χ4n) is 2.93. The van der Waals surface area contributed by atoms with Crippen molar-refractivity contribution in [1.29, 1.82) is 0 Å². The molecule has 0 bridgehead atoms. The Morgan fingerprint density at radius 3 is 2.31 bits per heavy atom. The van der Waals surface area contributed by atoms with Gasteiger partial charge in [0.05, 0.1) is 0 Å². The average molecular weight is 401 g/mol. The molecule has 0 radical (unpaired) electrons. The fraction of sp³-hybridized carbons (Fsp3) is 0.0952. The van der Waals surface area contributed by atoms with Crippen LogP contribution in [-0.4, -0.2) is 12.4 Å². The molecule has 0 atom stereocenters. The number of ether oxygens (including phenoxy) is 1. The molecule has 148 valence electrons. The van der Waals surface area contributed by atoms with Crippen LogP contribution in [-0.2, 0) is 6.61 Å². The van der Waals surface area contributed by atoms with E-state index in [0.29, 0.717) is 0 Å². The zero-order chi connectivity index (χ0) is 21.3. The van der Waals surface area contributed by atoms with Crippen molar-refractivity contribution in [2.75, 3.05) is 0 Å². The van der Waals surface area contributed by atoms with E-state index in [9.17, 15) is 22.4 Å². The van der Waals surface area contributed by atoms with E-state index in [1.165, 1.54) is 33.0 Å². The van der Waals surface area contributed by atoms with Gasteiger partial charge >= 0.3 is 0 Å². The number of benzene rings is 2. The third kappa shape index (κ3) is 3.96. The first-order valence-corrected chi connectivity index (χ1v) is 8.64. The molecule has 0 spiro atoms. The number of halogens is 4. The molecular weight excluding hydrogens is 385 g/mol. The van der Waals surface area contributed by atoms with Crippen LogP contribution in [0.25, 0.3) is 11.8 Å². The summed E-state index contributed by atoms with van der Waals surface area (Å²) in [5, 5.41) is 0.